The number of allylic oxidation sites excluding steroid dienone is 3. The molecule has 47 heavy (non-hydrogen) atoms. The van der Waals surface area contributed by atoms with E-state index in [0.717, 1.165) is 22.3 Å². The van der Waals surface area contributed by atoms with Gasteiger partial charge in [-0.15, -0.1) is 0 Å². The lowest BCUT2D eigenvalue weighted by molar-refractivity contribution is -0.239. The molecular formula is C38H41N5O4. The Kier molecular flexibility index (Phi) is 8.55. The predicted molar refractivity (Wildman–Crippen MR) is 179 cm³/mol. The van der Waals surface area contributed by atoms with E-state index in [1.807, 2.05) is 95.7 Å². The van der Waals surface area contributed by atoms with Crippen molar-refractivity contribution in [2.75, 3.05) is 26.2 Å². The van der Waals surface area contributed by atoms with Crippen LogP contribution >= 0.6 is 0 Å². The number of aliphatic hydroxyl groups is 1. The summed E-state index contributed by atoms with van der Waals surface area (Å²) < 4.78 is 0. The molecule has 3 aromatic rings. The third-order valence-electron chi connectivity index (χ3n) is 9.92. The first-order valence-electron chi connectivity index (χ1n) is 16.4. The SMILES string of the molecule is CCN1CC(=O)N2[C@@H](Cc3ccc(O)cc3)C(=O)N3CC(c4ccccc4)C4=CC(O)C(NCc5ccccc5)(/C=C\C=C4)N1[C@H]2C3. The maximum absolute atomic E-state index is 14.6. The van der Waals surface area contributed by atoms with Crippen LogP contribution in [0.4, 0.5) is 0 Å². The van der Waals surface area contributed by atoms with Crippen molar-refractivity contribution in [2.45, 2.75) is 49.8 Å². The standard InChI is InChI=1S/C38H41N5O4/c1-2-41-26-36(46)42-33(21-27-16-18-31(44)19-17-27)37(47)40-24-32(29-13-7-4-8-14-29)30-15-9-10-20-38(34(45)22-30,43(41)35(42)25-40)39-23-28-11-5-3-6-12-28/h3-20,22,32-35,39,44-45H,2,21,23-26H2,1H3/b15-9?,20-10-,30-22?/t32?,33-,34?,35-,38?/m0/s1. The van der Waals surface area contributed by atoms with Gasteiger partial charge in [-0.2, -0.15) is 5.01 Å². The van der Waals surface area contributed by atoms with Crippen LogP contribution in [0.25, 0.3) is 0 Å². The van der Waals surface area contributed by atoms with Crippen LogP contribution < -0.4 is 5.32 Å². The number of carbonyl (C=O) groups excluding carboxylic acids is 2. The van der Waals surface area contributed by atoms with Crippen LogP contribution in [0.3, 0.4) is 0 Å². The Morgan fingerprint density at radius 3 is 2.34 bits per heavy atom. The van der Waals surface area contributed by atoms with Crippen molar-refractivity contribution in [3.05, 3.63) is 138 Å². The van der Waals surface area contributed by atoms with Crippen molar-refractivity contribution in [3.63, 3.8) is 0 Å². The van der Waals surface area contributed by atoms with Crippen molar-refractivity contribution < 1.29 is 19.8 Å². The molecule has 3 aliphatic heterocycles. The van der Waals surface area contributed by atoms with E-state index in [1.54, 1.807) is 29.2 Å². The fourth-order valence-electron chi connectivity index (χ4n) is 7.57. The van der Waals surface area contributed by atoms with Gasteiger partial charge in [-0.3, -0.25) is 14.9 Å². The molecule has 2 fully saturated rings. The molecule has 2 amide bonds. The van der Waals surface area contributed by atoms with Gasteiger partial charge in [0.25, 0.3) is 0 Å². The van der Waals surface area contributed by atoms with Gasteiger partial charge in [0.2, 0.25) is 11.8 Å². The van der Waals surface area contributed by atoms with Crippen molar-refractivity contribution in [2.24, 2.45) is 0 Å². The third-order valence-corrected chi connectivity index (χ3v) is 9.92. The van der Waals surface area contributed by atoms with Gasteiger partial charge in [-0.25, -0.2) is 5.01 Å². The first-order chi connectivity index (χ1) is 22.9. The number of fused-ring (bicyclic) bond motifs is 4. The lowest BCUT2D eigenvalue weighted by Gasteiger charge is -2.61. The number of rotatable bonds is 7. The number of phenols is 1. The Morgan fingerprint density at radius 2 is 1.62 bits per heavy atom. The first-order valence-corrected chi connectivity index (χ1v) is 16.4. The summed E-state index contributed by atoms with van der Waals surface area (Å²) in [5.74, 6) is -0.293. The first kappa shape index (κ1) is 31.1. The minimum Gasteiger partial charge on any atom is -0.508 e. The molecular weight excluding hydrogens is 590 g/mol. The van der Waals surface area contributed by atoms with E-state index in [1.165, 1.54) is 0 Å². The summed E-state index contributed by atoms with van der Waals surface area (Å²) in [7, 11) is 0. The number of hydrazine groups is 1. The molecule has 5 atom stereocenters. The van der Waals surface area contributed by atoms with Crippen LogP contribution in [0.5, 0.6) is 5.75 Å². The number of hydrogen-bond acceptors (Lipinski definition) is 7. The average molecular weight is 632 g/mol. The van der Waals surface area contributed by atoms with E-state index in [0.29, 0.717) is 26.1 Å². The zero-order valence-corrected chi connectivity index (χ0v) is 26.5. The topological polar surface area (TPSA) is 99.6 Å². The summed E-state index contributed by atoms with van der Waals surface area (Å²) in [5, 5.41) is 30.3. The quantitative estimate of drug-likeness (QED) is 0.367. The van der Waals surface area contributed by atoms with Gasteiger partial charge in [-0.05, 0) is 46.5 Å². The molecule has 9 nitrogen and oxygen atoms in total. The van der Waals surface area contributed by atoms with Gasteiger partial charge in [0.1, 0.15) is 29.7 Å². The third kappa shape index (κ3) is 5.80. The molecule has 0 spiro atoms. The molecule has 3 unspecified atom stereocenters. The molecule has 4 aliphatic rings. The average Bonchev–Trinajstić information content (AvgIpc) is 3.08. The second-order valence-electron chi connectivity index (χ2n) is 12.7. The maximum Gasteiger partial charge on any atom is 0.245 e. The number of carbonyl (C=O) groups is 2. The van der Waals surface area contributed by atoms with E-state index in [4.69, 9.17) is 0 Å². The zero-order valence-electron chi connectivity index (χ0n) is 26.5. The molecule has 3 aromatic carbocycles. The zero-order chi connectivity index (χ0) is 32.5. The van der Waals surface area contributed by atoms with Gasteiger partial charge >= 0.3 is 0 Å². The second kappa shape index (κ2) is 12.9. The number of aliphatic hydroxyl groups excluding tert-OH is 1. The number of likely N-dealkylation sites (N-methyl/N-ethyl adjacent to an activating group) is 1. The number of phenolic OH excluding ortho intramolecular Hbond substituents is 1. The van der Waals surface area contributed by atoms with Gasteiger partial charge in [0.05, 0.1) is 13.1 Å². The predicted octanol–water partition coefficient (Wildman–Crippen LogP) is 3.55. The van der Waals surface area contributed by atoms with Gasteiger partial charge in [0, 0.05) is 32.0 Å². The Morgan fingerprint density at radius 1 is 0.894 bits per heavy atom. The number of benzene rings is 3. The Balaban J connectivity index is 1.42. The number of nitrogens with zero attached hydrogens (tertiary/aromatic N) is 4. The highest BCUT2D eigenvalue weighted by Gasteiger charge is 2.57. The van der Waals surface area contributed by atoms with E-state index in [-0.39, 0.29) is 36.6 Å². The molecule has 1 aliphatic carbocycles. The summed E-state index contributed by atoms with van der Waals surface area (Å²) in [4.78, 5) is 32.4. The molecule has 0 saturated carbocycles. The Hall–Kier alpha value is -4.54. The molecule has 9 heteroatoms. The molecule has 242 valence electrons. The minimum absolute atomic E-state index is 0.0702. The molecule has 3 N–H and O–H groups in total. The summed E-state index contributed by atoms with van der Waals surface area (Å²) >= 11 is 0. The van der Waals surface area contributed by atoms with E-state index in [9.17, 15) is 19.8 Å². The minimum atomic E-state index is -1.17. The van der Waals surface area contributed by atoms with Crippen LogP contribution in [-0.4, -0.2) is 92.0 Å². The molecule has 2 saturated heterocycles. The number of hydrogen-bond donors (Lipinski definition) is 3. The van der Waals surface area contributed by atoms with Gasteiger partial charge < -0.3 is 20.0 Å². The molecule has 4 bridgehead atoms. The molecule has 3 heterocycles. The molecule has 0 aromatic heterocycles. The van der Waals surface area contributed by atoms with Gasteiger partial charge in [-0.1, -0.05) is 97.9 Å². The fourth-order valence-corrected chi connectivity index (χ4v) is 7.57. The summed E-state index contributed by atoms with van der Waals surface area (Å²) in [6, 6.07) is 26.2. The second-order valence-corrected chi connectivity index (χ2v) is 12.7. The molecule has 0 radical (unpaired) electrons. The monoisotopic (exact) mass is 631 g/mol. The van der Waals surface area contributed by atoms with Crippen molar-refractivity contribution in [1.29, 1.82) is 0 Å². The highest BCUT2D eigenvalue weighted by molar-refractivity contribution is 5.90. The fraction of sp³-hybridized carbons (Fsp3) is 0.316. The smallest absolute Gasteiger partial charge is 0.245 e. The van der Waals surface area contributed by atoms with E-state index < -0.39 is 24.0 Å². The van der Waals surface area contributed by atoms with Crippen LogP contribution in [0.1, 0.15) is 29.5 Å². The number of piperazine rings is 1. The Bertz CT molecular complexity index is 1690. The van der Waals surface area contributed by atoms with Crippen molar-refractivity contribution in [1.82, 2.24) is 25.1 Å². The van der Waals surface area contributed by atoms with Crippen LogP contribution in [-0.2, 0) is 22.6 Å². The lowest BCUT2D eigenvalue weighted by atomic mass is 9.84. The normalized spacial score (nSPS) is 28.5. The van der Waals surface area contributed by atoms with Crippen LogP contribution in [0.15, 0.2) is 121 Å². The van der Waals surface area contributed by atoms with E-state index >= 15 is 0 Å². The summed E-state index contributed by atoms with van der Waals surface area (Å²) in [5.41, 5.74) is 2.70. The molecule has 7 rings (SSSR count). The number of nitrogens with one attached hydrogen (secondary N) is 1. The number of aromatic hydroxyl groups is 1. The largest absolute Gasteiger partial charge is 0.508 e. The van der Waals surface area contributed by atoms with E-state index in [2.05, 4.69) is 22.5 Å². The van der Waals surface area contributed by atoms with Gasteiger partial charge in [0.15, 0.2) is 0 Å². The Labute approximate surface area is 275 Å². The highest BCUT2D eigenvalue weighted by atomic mass is 16.3. The highest BCUT2D eigenvalue weighted by Crippen LogP contribution is 2.39. The summed E-state index contributed by atoms with van der Waals surface area (Å²) in [6.45, 7) is 3.75. The van der Waals surface area contributed by atoms with Crippen LogP contribution in [0, 0.1) is 0 Å². The van der Waals surface area contributed by atoms with Crippen molar-refractivity contribution in [3.8, 4) is 5.75 Å². The van der Waals surface area contributed by atoms with Crippen molar-refractivity contribution >= 4 is 11.8 Å². The summed E-state index contributed by atoms with van der Waals surface area (Å²) in [6.07, 6.45) is 8.65. The maximum atomic E-state index is 14.6. The van der Waals surface area contributed by atoms with Crippen LogP contribution in [0.2, 0.25) is 0 Å². The lowest BCUT2D eigenvalue weighted by Crippen LogP contribution is -2.82. The number of amides is 2.